The van der Waals surface area contributed by atoms with E-state index >= 15 is 0 Å². The van der Waals surface area contributed by atoms with Crippen LogP contribution in [0.15, 0.2) is 23.1 Å². The minimum atomic E-state index is -0.0547. The number of rotatable bonds is 5. The molecule has 2 rings (SSSR count). The van der Waals surface area contributed by atoms with Crippen LogP contribution in [0.2, 0.25) is 0 Å². The number of nitrogens with one attached hydrogen (secondary N) is 1. The molecule has 1 fully saturated rings. The summed E-state index contributed by atoms with van der Waals surface area (Å²) in [6.45, 7) is 3.73. The Hall–Kier alpha value is -0.540. The molecule has 0 spiro atoms. The van der Waals surface area contributed by atoms with Gasteiger partial charge in [-0.1, -0.05) is 32.3 Å². The quantitative estimate of drug-likeness (QED) is 0.850. The first-order valence-corrected chi connectivity index (χ1v) is 7.83. The first kappa shape index (κ1) is 13.9. The van der Waals surface area contributed by atoms with E-state index in [1.165, 1.54) is 32.1 Å². The van der Waals surface area contributed by atoms with Gasteiger partial charge in [-0.05, 0) is 37.1 Å². The number of hydrogen-bond acceptors (Lipinski definition) is 2. The van der Waals surface area contributed by atoms with Crippen LogP contribution in [0.5, 0.6) is 0 Å². The van der Waals surface area contributed by atoms with Gasteiger partial charge in [0.05, 0.1) is 0 Å². The molecule has 3 heteroatoms. The molecule has 0 radical (unpaired) electrons. The minimum absolute atomic E-state index is 0.0547. The first-order valence-electron chi connectivity index (χ1n) is 6.95. The molecular formula is C15H22FNS. The van der Waals surface area contributed by atoms with Gasteiger partial charge in [0.15, 0.2) is 0 Å². The number of thioether (sulfide) groups is 1. The van der Waals surface area contributed by atoms with Crippen LogP contribution in [0.4, 0.5) is 4.39 Å². The highest BCUT2D eigenvalue weighted by molar-refractivity contribution is 8.00. The van der Waals surface area contributed by atoms with Crippen molar-refractivity contribution in [3.05, 3.63) is 29.6 Å². The van der Waals surface area contributed by atoms with Crippen LogP contribution >= 0.6 is 11.8 Å². The molecule has 100 valence electrons. The zero-order chi connectivity index (χ0) is 12.8. The number of halogens is 1. The lowest BCUT2D eigenvalue weighted by atomic mass is 10.0. The van der Waals surface area contributed by atoms with Crippen LogP contribution < -0.4 is 5.32 Å². The van der Waals surface area contributed by atoms with E-state index in [-0.39, 0.29) is 5.82 Å². The summed E-state index contributed by atoms with van der Waals surface area (Å²) >= 11 is 1.73. The van der Waals surface area contributed by atoms with Crippen molar-refractivity contribution in [2.45, 2.75) is 55.7 Å². The molecule has 0 aromatic heterocycles. The summed E-state index contributed by atoms with van der Waals surface area (Å²) in [4.78, 5) is 0.821. The first-order chi connectivity index (χ1) is 8.79. The fourth-order valence-corrected chi connectivity index (χ4v) is 3.63. The Morgan fingerprint density at radius 2 is 2.06 bits per heavy atom. The molecule has 1 N–H and O–H groups in total. The normalized spacial score (nSPS) is 17.0. The average Bonchev–Trinajstić information content (AvgIpc) is 2.40. The van der Waals surface area contributed by atoms with Gasteiger partial charge in [-0.25, -0.2) is 4.39 Å². The van der Waals surface area contributed by atoms with Crippen LogP contribution in [-0.4, -0.2) is 11.8 Å². The van der Waals surface area contributed by atoms with Crippen molar-refractivity contribution in [2.24, 2.45) is 0 Å². The molecule has 1 aliphatic rings. The second-order valence-corrected chi connectivity index (χ2v) is 6.27. The van der Waals surface area contributed by atoms with Crippen molar-refractivity contribution in [1.82, 2.24) is 5.32 Å². The topological polar surface area (TPSA) is 12.0 Å². The lowest BCUT2D eigenvalue weighted by Crippen LogP contribution is -2.12. The number of hydrogen-bond donors (Lipinski definition) is 1. The molecule has 1 aliphatic carbocycles. The minimum Gasteiger partial charge on any atom is -0.313 e. The van der Waals surface area contributed by atoms with Crippen molar-refractivity contribution >= 4 is 11.8 Å². The lowest BCUT2D eigenvalue weighted by Gasteiger charge is -2.21. The van der Waals surface area contributed by atoms with E-state index in [0.717, 1.165) is 23.5 Å². The SMILES string of the molecule is CCNCc1ccc(SC2CCCCC2)c(F)c1. The van der Waals surface area contributed by atoms with Crippen LogP contribution in [0.3, 0.4) is 0 Å². The highest BCUT2D eigenvalue weighted by Crippen LogP contribution is 2.34. The van der Waals surface area contributed by atoms with Crippen molar-refractivity contribution in [2.75, 3.05) is 6.54 Å². The van der Waals surface area contributed by atoms with Gasteiger partial charge in [0.25, 0.3) is 0 Å². The molecule has 0 saturated heterocycles. The number of benzene rings is 1. The summed E-state index contributed by atoms with van der Waals surface area (Å²) in [5.41, 5.74) is 1.03. The summed E-state index contributed by atoms with van der Waals surface area (Å²) < 4.78 is 14.0. The monoisotopic (exact) mass is 267 g/mol. The molecule has 1 aromatic carbocycles. The highest BCUT2D eigenvalue weighted by Gasteiger charge is 2.16. The van der Waals surface area contributed by atoms with Gasteiger partial charge in [0, 0.05) is 16.7 Å². The zero-order valence-corrected chi connectivity index (χ0v) is 11.9. The Balaban J connectivity index is 1.95. The predicted molar refractivity (Wildman–Crippen MR) is 76.5 cm³/mol. The second kappa shape index (κ2) is 7.15. The van der Waals surface area contributed by atoms with Crippen molar-refractivity contribution in [1.29, 1.82) is 0 Å². The van der Waals surface area contributed by atoms with E-state index < -0.39 is 0 Å². The van der Waals surface area contributed by atoms with E-state index in [1.54, 1.807) is 17.8 Å². The van der Waals surface area contributed by atoms with E-state index in [0.29, 0.717) is 5.25 Å². The van der Waals surface area contributed by atoms with Crippen LogP contribution in [0.1, 0.15) is 44.6 Å². The molecule has 0 aliphatic heterocycles. The van der Waals surface area contributed by atoms with Gasteiger partial charge in [0.1, 0.15) is 5.82 Å². The third-order valence-corrected chi connectivity index (χ3v) is 4.81. The van der Waals surface area contributed by atoms with Crippen LogP contribution in [0.25, 0.3) is 0 Å². The lowest BCUT2D eigenvalue weighted by molar-refractivity contribution is 0.514. The van der Waals surface area contributed by atoms with E-state index in [1.807, 2.05) is 12.1 Å². The molecule has 18 heavy (non-hydrogen) atoms. The Bertz CT molecular complexity index is 375. The average molecular weight is 267 g/mol. The van der Waals surface area contributed by atoms with Crippen LogP contribution in [0, 0.1) is 5.82 Å². The van der Waals surface area contributed by atoms with Gasteiger partial charge in [-0.2, -0.15) is 0 Å². The Labute approximate surface area is 114 Å². The standard InChI is InChI=1S/C15H22FNS/c1-2-17-11-12-8-9-15(14(16)10-12)18-13-6-4-3-5-7-13/h8-10,13,17H,2-7,11H2,1H3. The Morgan fingerprint density at radius 1 is 1.28 bits per heavy atom. The Morgan fingerprint density at radius 3 is 2.72 bits per heavy atom. The molecule has 0 unspecified atom stereocenters. The Kier molecular flexibility index (Phi) is 5.51. The summed E-state index contributed by atoms with van der Waals surface area (Å²) in [5, 5.41) is 3.84. The molecule has 1 saturated carbocycles. The maximum absolute atomic E-state index is 14.0. The maximum Gasteiger partial charge on any atom is 0.137 e. The zero-order valence-electron chi connectivity index (χ0n) is 11.0. The molecule has 0 bridgehead atoms. The molecule has 0 amide bonds. The fourth-order valence-electron chi connectivity index (χ4n) is 2.38. The summed E-state index contributed by atoms with van der Waals surface area (Å²) in [6, 6.07) is 5.66. The van der Waals surface area contributed by atoms with Gasteiger partial charge in [-0.15, -0.1) is 11.8 Å². The van der Waals surface area contributed by atoms with Gasteiger partial charge in [0.2, 0.25) is 0 Å². The van der Waals surface area contributed by atoms with Crippen LogP contribution in [-0.2, 0) is 6.54 Å². The molecular weight excluding hydrogens is 245 g/mol. The molecule has 0 heterocycles. The third-order valence-electron chi connectivity index (χ3n) is 3.42. The highest BCUT2D eigenvalue weighted by atomic mass is 32.2. The predicted octanol–water partition coefficient (Wildman–Crippen LogP) is 4.36. The summed E-state index contributed by atoms with van der Waals surface area (Å²) in [5.74, 6) is -0.0547. The van der Waals surface area contributed by atoms with E-state index in [4.69, 9.17) is 0 Å². The maximum atomic E-state index is 14.0. The molecule has 1 aromatic rings. The van der Waals surface area contributed by atoms with Crippen molar-refractivity contribution in [3.63, 3.8) is 0 Å². The van der Waals surface area contributed by atoms with E-state index in [9.17, 15) is 4.39 Å². The largest absolute Gasteiger partial charge is 0.313 e. The van der Waals surface area contributed by atoms with Crippen molar-refractivity contribution in [3.8, 4) is 0 Å². The van der Waals surface area contributed by atoms with Crippen molar-refractivity contribution < 1.29 is 4.39 Å². The van der Waals surface area contributed by atoms with Gasteiger partial charge in [-0.3, -0.25) is 0 Å². The van der Waals surface area contributed by atoms with E-state index in [2.05, 4.69) is 12.2 Å². The fraction of sp³-hybridized carbons (Fsp3) is 0.600. The third kappa shape index (κ3) is 3.99. The summed E-state index contributed by atoms with van der Waals surface area (Å²) in [7, 11) is 0. The summed E-state index contributed by atoms with van der Waals surface area (Å²) in [6.07, 6.45) is 6.43. The second-order valence-electron chi connectivity index (χ2n) is 4.92. The molecule has 0 atom stereocenters. The molecule has 1 nitrogen and oxygen atoms in total. The smallest absolute Gasteiger partial charge is 0.137 e. The van der Waals surface area contributed by atoms with Gasteiger partial charge >= 0.3 is 0 Å². The van der Waals surface area contributed by atoms with Gasteiger partial charge < -0.3 is 5.32 Å².